The number of nitrogens with one attached hydrogen (secondary N) is 2. The summed E-state index contributed by atoms with van der Waals surface area (Å²) >= 11 is 0. The molecule has 0 heterocycles. The molecule has 4 heteroatoms. The molecule has 0 unspecified atom stereocenters. The largest absolute Gasteiger partial charge is 0.450 e. The van der Waals surface area contributed by atoms with E-state index in [2.05, 4.69) is 17.6 Å². The summed E-state index contributed by atoms with van der Waals surface area (Å²) in [4.78, 5) is 10.6. The van der Waals surface area contributed by atoms with E-state index >= 15 is 0 Å². The number of carbonyl (C=O) groups excluding carboxylic acids is 1. The van der Waals surface area contributed by atoms with Crippen LogP contribution in [0.5, 0.6) is 0 Å². The van der Waals surface area contributed by atoms with Gasteiger partial charge in [-0.3, -0.25) is 0 Å². The second-order valence-electron chi connectivity index (χ2n) is 3.15. The van der Waals surface area contributed by atoms with E-state index in [0.717, 1.165) is 25.9 Å². The lowest BCUT2D eigenvalue weighted by Gasteiger charge is -2.04. The normalized spacial score (nSPS) is 9.86. The van der Waals surface area contributed by atoms with Crippen LogP contribution in [0, 0.1) is 0 Å². The summed E-state index contributed by atoms with van der Waals surface area (Å²) in [6.07, 6.45) is 4.15. The summed E-state index contributed by atoms with van der Waals surface area (Å²) in [5, 5.41) is 5.68. The molecule has 0 fully saturated rings. The van der Waals surface area contributed by atoms with Crippen molar-refractivity contribution in [1.82, 2.24) is 10.6 Å². The van der Waals surface area contributed by atoms with Crippen LogP contribution >= 0.6 is 0 Å². The fourth-order valence-corrected chi connectivity index (χ4v) is 1.12. The van der Waals surface area contributed by atoms with Gasteiger partial charge in [0.25, 0.3) is 0 Å². The maximum Gasteiger partial charge on any atom is 0.406 e. The maximum atomic E-state index is 10.6. The highest BCUT2D eigenvalue weighted by atomic mass is 16.5. The highest BCUT2D eigenvalue weighted by Crippen LogP contribution is 1.99. The third-order valence-corrected chi connectivity index (χ3v) is 1.94. The van der Waals surface area contributed by atoms with Gasteiger partial charge in [0.05, 0.1) is 6.61 Å². The topological polar surface area (TPSA) is 50.4 Å². The number of alkyl carbamates (subject to hydrolysis) is 1. The third kappa shape index (κ3) is 9.32. The minimum atomic E-state index is -0.336. The zero-order chi connectivity index (χ0) is 10.6. The third-order valence-electron chi connectivity index (χ3n) is 1.94. The number of unbranched alkanes of at least 4 members (excludes halogenated alkanes) is 3. The maximum absolute atomic E-state index is 10.6. The van der Waals surface area contributed by atoms with E-state index < -0.39 is 0 Å². The predicted octanol–water partition coefficient (Wildman–Crippen LogP) is 1.51. The molecule has 0 spiro atoms. The first-order valence-electron chi connectivity index (χ1n) is 5.36. The van der Waals surface area contributed by atoms with E-state index in [-0.39, 0.29) is 6.09 Å². The second-order valence-corrected chi connectivity index (χ2v) is 3.15. The molecule has 0 aliphatic rings. The molecular formula is C10H22N2O2. The Hall–Kier alpha value is -0.770. The van der Waals surface area contributed by atoms with Gasteiger partial charge in [-0.05, 0) is 25.9 Å². The van der Waals surface area contributed by atoms with E-state index in [0.29, 0.717) is 6.61 Å². The number of rotatable bonds is 8. The van der Waals surface area contributed by atoms with Crippen molar-refractivity contribution in [1.29, 1.82) is 0 Å². The van der Waals surface area contributed by atoms with E-state index in [1.165, 1.54) is 12.8 Å². The van der Waals surface area contributed by atoms with Gasteiger partial charge < -0.3 is 15.4 Å². The number of ether oxygens (including phenoxy) is 1. The molecule has 0 aliphatic heterocycles. The molecule has 0 rings (SSSR count). The van der Waals surface area contributed by atoms with Crippen LogP contribution in [0.2, 0.25) is 0 Å². The molecule has 0 aromatic heterocycles. The van der Waals surface area contributed by atoms with E-state index in [4.69, 9.17) is 4.74 Å². The molecule has 4 nitrogen and oxygen atoms in total. The highest BCUT2D eigenvalue weighted by molar-refractivity contribution is 5.66. The molecular weight excluding hydrogens is 180 g/mol. The Kier molecular flexibility index (Phi) is 9.74. The summed E-state index contributed by atoms with van der Waals surface area (Å²) in [7, 11) is 1.57. The molecule has 0 aliphatic carbocycles. The van der Waals surface area contributed by atoms with Crippen LogP contribution in [0.4, 0.5) is 4.79 Å². The number of carbonyl (C=O) groups is 1. The first kappa shape index (κ1) is 13.2. The van der Waals surface area contributed by atoms with Crippen molar-refractivity contribution in [3.63, 3.8) is 0 Å². The number of hydrogen-bond donors (Lipinski definition) is 2. The lowest BCUT2D eigenvalue weighted by atomic mass is 10.2. The molecule has 0 atom stereocenters. The van der Waals surface area contributed by atoms with Crippen molar-refractivity contribution in [3.8, 4) is 0 Å². The Morgan fingerprint density at radius 2 is 1.93 bits per heavy atom. The molecule has 14 heavy (non-hydrogen) atoms. The Bertz CT molecular complexity index is 140. The smallest absolute Gasteiger partial charge is 0.406 e. The van der Waals surface area contributed by atoms with Crippen LogP contribution in [-0.2, 0) is 4.74 Å². The van der Waals surface area contributed by atoms with Crippen molar-refractivity contribution in [2.45, 2.75) is 32.6 Å². The molecule has 1 amide bonds. The molecule has 0 bridgehead atoms. The van der Waals surface area contributed by atoms with Crippen LogP contribution in [0.25, 0.3) is 0 Å². The average molecular weight is 202 g/mol. The Balaban J connectivity index is 2.95. The highest BCUT2D eigenvalue weighted by Gasteiger charge is 1.96. The monoisotopic (exact) mass is 202 g/mol. The molecule has 84 valence electrons. The molecule has 0 saturated carbocycles. The lowest BCUT2D eigenvalue weighted by Crippen LogP contribution is -2.19. The summed E-state index contributed by atoms with van der Waals surface area (Å²) in [5.74, 6) is 0. The zero-order valence-corrected chi connectivity index (χ0v) is 9.27. The van der Waals surface area contributed by atoms with E-state index in [9.17, 15) is 4.79 Å². The van der Waals surface area contributed by atoms with Gasteiger partial charge in [-0.2, -0.15) is 0 Å². The first-order valence-corrected chi connectivity index (χ1v) is 5.36. The summed E-state index contributed by atoms with van der Waals surface area (Å²) in [6.45, 7) is 4.77. The van der Waals surface area contributed by atoms with Crippen molar-refractivity contribution in [2.24, 2.45) is 0 Å². The molecule has 0 saturated heterocycles. The molecule has 2 N–H and O–H groups in total. The molecule has 0 radical (unpaired) electrons. The van der Waals surface area contributed by atoms with Gasteiger partial charge in [-0.1, -0.05) is 19.8 Å². The lowest BCUT2D eigenvalue weighted by molar-refractivity contribution is 0.146. The van der Waals surface area contributed by atoms with Gasteiger partial charge in [-0.15, -0.1) is 0 Å². The van der Waals surface area contributed by atoms with Gasteiger partial charge in [-0.25, -0.2) is 4.79 Å². The Morgan fingerprint density at radius 1 is 1.21 bits per heavy atom. The van der Waals surface area contributed by atoms with Crippen LogP contribution in [0.1, 0.15) is 32.6 Å². The van der Waals surface area contributed by atoms with Gasteiger partial charge in [0, 0.05) is 7.05 Å². The fraction of sp³-hybridized carbons (Fsp3) is 0.900. The minimum Gasteiger partial charge on any atom is -0.450 e. The standard InChI is InChI=1S/C10H22N2O2/c1-3-12-8-6-4-5-7-9-14-10(13)11-2/h12H,3-9H2,1-2H3,(H,11,13). The van der Waals surface area contributed by atoms with Crippen molar-refractivity contribution < 1.29 is 9.53 Å². The van der Waals surface area contributed by atoms with Crippen molar-refractivity contribution in [2.75, 3.05) is 26.7 Å². The first-order chi connectivity index (χ1) is 6.81. The van der Waals surface area contributed by atoms with Crippen LogP contribution in [0.15, 0.2) is 0 Å². The summed E-state index contributed by atoms with van der Waals surface area (Å²) < 4.78 is 4.85. The van der Waals surface area contributed by atoms with Crippen LogP contribution < -0.4 is 10.6 Å². The predicted molar refractivity (Wildman–Crippen MR) is 57.4 cm³/mol. The zero-order valence-electron chi connectivity index (χ0n) is 9.27. The van der Waals surface area contributed by atoms with Gasteiger partial charge in [0.2, 0.25) is 0 Å². The second kappa shape index (κ2) is 10.3. The van der Waals surface area contributed by atoms with Crippen LogP contribution in [-0.4, -0.2) is 32.8 Å². The van der Waals surface area contributed by atoms with Crippen molar-refractivity contribution in [3.05, 3.63) is 0 Å². The molecule has 0 aromatic carbocycles. The minimum absolute atomic E-state index is 0.336. The number of hydrogen-bond acceptors (Lipinski definition) is 3. The van der Waals surface area contributed by atoms with Crippen molar-refractivity contribution >= 4 is 6.09 Å². The quantitative estimate of drug-likeness (QED) is 0.587. The van der Waals surface area contributed by atoms with Gasteiger partial charge in [0.1, 0.15) is 0 Å². The fourth-order valence-electron chi connectivity index (χ4n) is 1.12. The van der Waals surface area contributed by atoms with Gasteiger partial charge in [0.15, 0.2) is 0 Å². The summed E-state index contributed by atoms with van der Waals surface area (Å²) in [5.41, 5.74) is 0. The van der Waals surface area contributed by atoms with Crippen LogP contribution in [0.3, 0.4) is 0 Å². The SMILES string of the molecule is CCNCCCCCCOC(=O)NC. The number of amides is 1. The molecule has 0 aromatic rings. The van der Waals surface area contributed by atoms with Gasteiger partial charge >= 0.3 is 6.09 Å². The average Bonchev–Trinajstić information content (AvgIpc) is 2.21. The van der Waals surface area contributed by atoms with E-state index in [1.807, 2.05) is 0 Å². The van der Waals surface area contributed by atoms with E-state index in [1.54, 1.807) is 7.05 Å². The summed E-state index contributed by atoms with van der Waals surface area (Å²) in [6, 6.07) is 0. The Morgan fingerprint density at radius 3 is 2.57 bits per heavy atom. The Labute approximate surface area is 86.4 Å².